The number of nitrogens with zero attached hydrogens (tertiary/aromatic N) is 4. The Balaban J connectivity index is 0.000000720. The molecule has 0 aliphatic rings. The van der Waals surface area contributed by atoms with Crippen molar-refractivity contribution >= 4 is 17.0 Å². The van der Waals surface area contributed by atoms with Crippen molar-refractivity contribution < 1.29 is 21.1 Å². The molecule has 12 heavy (non-hydrogen) atoms. The Labute approximate surface area is 83.3 Å². The van der Waals surface area contributed by atoms with Crippen molar-refractivity contribution in [3.05, 3.63) is 18.4 Å². The van der Waals surface area contributed by atoms with E-state index in [2.05, 4.69) is 15.0 Å². The van der Waals surface area contributed by atoms with Gasteiger partial charge in [0.1, 0.15) is 5.52 Å². The molecule has 6 heteroatoms. The molecule has 0 radical (unpaired) electrons. The molecule has 0 aliphatic heterocycles. The normalized spacial score (nSPS) is 9.75. The smallest absolute Gasteiger partial charge is 0.158 e. The molecular formula is C6H6N5W-. The van der Waals surface area contributed by atoms with Crippen molar-refractivity contribution in [3.63, 3.8) is 0 Å². The first kappa shape index (κ1) is 9.13. The largest absolute Gasteiger partial charge is 0.480 e. The number of hydrogen-bond acceptors (Lipinski definition) is 3. The predicted molar refractivity (Wildman–Crippen MR) is 40.3 cm³/mol. The van der Waals surface area contributed by atoms with Crippen molar-refractivity contribution in [1.29, 1.82) is 0 Å². The van der Waals surface area contributed by atoms with Crippen LogP contribution >= 0.6 is 0 Å². The van der Waals surface area contributed by atoms with Gasteiger partial charge in [-0.25, -0.2) is 9.97 Å². The molecule has 0 amide bonds. The molecule has 0 spiro atoms. The number of rotatable bonds is 0. The molecule has 2 aromatic heterocycles. The number of hydrogen-bond donors (Lipinski definition) is 0. The van der Waals surface area contributed by atoms with Gasteiger partial charge in [-0.15, -0.1) is 0 Å². The van der Waals surface area contributed by atoms with E-state index in [0.29, 0.717) is 11.2 Å². The van der Waals surface area contributed by atoms with E-state index in [4.69, 9.17) is 5.73 Å². The van der Waals surface area contributed by atoms with E-state index in [1.54, 1.807) is 10.9 Å². The molecule has 5 nitrogen and oxygen atoms in total. The van der Waals surface area contributed by atoms with Crippen LogP contribution in [0.15, 0.2) is 12.7 Å². The zero-order chi connectivity index (χ0) is 7.84. The second kappa shape index (κ2) is 3.19. The first-order valence-corrected chi connectivity index (χ1v) is 3.12. The van der Waals surface area contributed by atoms with Crippen LogP contribution in [0.5, 0.6) is 0 Å². The van der Waals surface area contributed by atoms with Gasteiger partial charge in [0.2, 0.25) is 0 Å². The summed E-state index contributed by atoms with van der Waals surface area (Å²) >= 11 is 0. The van der Waals surface area contributed by atoms with Crippen LogP contribution in [-0.4, -0.2) is 19.5 Å². The number of fused-ring (bicyclic) bond motifs is 1. The summed E-state index contributed by atoms with van der Waals surface area (Å²) in [4.78, 5) is 11.6. The minimum Gasteiger partial charge on any atom is -0.480 e. The molecule has 0 saturated carbocycles. The second-order valence-corrected chi connectivity index (χ2v) is 2.25. The van der Waals surface area contributed by atoms with Crippen LogP contribution in [-0.2, 0) is 28.1 Å². The predicted octanol–water partition coefficient (Wildman–Crippen LogP) is 1.04. The second-order valence-electron chi connectivity index (χ2n) is 2.25. The first-order valence-electron chi connectivity index (χ1n) is 3.12. The summed E-state index contributed by atoms with van der Waals surface area (Å²) in [5.41, 5.74) is 8.60. The van der Waals surface area contributed by atoms with E-state index in [0.717, 1.165) is 0 Å². The maximum Gasteiger partial charge on any atom is 0.158 e. The van der Waals surface area contributed by atoms with Crippen molar-refractivity contribution in [3.8, 4) is 0 Å². The summed E-state index contributed by atoms with van der Waals surface area (Å²) in [5.74, 6) is 0.176. The minimum absolute atomic E-state index is 0. The molecule has 0 aliphatic carbocycles. The molecule has 0 bridgehead atoms. The van der Waals surface area contributed by atoms with Crippen molar-refractivity contribution in [2.45, 2.75) is 0 Å². The van der Waals surface area contributed by atoms with Gasteiger partial charge in [0.25, 0.3) is 0 Å². The summed E-state index contributed by atoms with van der Waals surface area (Å²) in [6, 6.07) is 0. The van der Waals surface area contributed by atoms with Gasteiger partial charge < -0.3 is 15.3 Å². The van der Waals surface area contributed by atoms with Gasteiger partial charge in [-0.1, -0.05) is 0 Å². The molecule has 0 fully saturated rings. The van der Waals surface area contributed by atoms with Crippen LogP contribution in [0.4, 0.5) is 5.82 Å². The van der Waals surface area contributed by atoms with Crippen LogP contribution in [0.1, 0.15) is 0 Å². The number of imidazole rings is 1. The third kappa shape index (κ3) is 1.20. The van der Waals surface area contributed by atoms with E-state index < -0.39 is 0 Å². The number of nitrogens with one attached hydrogen (secondary N) is 1. The SMILES string of the molecule is Cn1cnc2c([NH-])ncnc21.[W]. The van der Waals surface area contributed by atoms with Crippen LogP contribution in [0.2, 0.25) is 0 Å². The third-order valence-electron chi connectivity index (χ3n) is 1.50. The molecule has 2 rings (SSSR count). The fraction of sp³-hybridized carbons (Fsp3) is 0.167. The Kier molecular flexibility index (Phi) is 2.43. The third-order valence-corrected chi connectivity index (χ3v) is 1.50. The maximum absolute atomic E-state index is 7.35. The number of aromatic nitrogens is 4. The van der Waals surface area contributed by atoms with E-state index in [9.17, 15) is 0 Å². The molecule has 2 aromatic rings. The van der Waals surface area contributed by atoms with Crippen molar-refractivity contribution in [2.24, 2.45) is 7.05 Å². The molecule has 62 valence electrons. The van der Waals surface area contributed by atoms with Crippen LogP contribution in [0.3, 0.4) is 0 Å². The summed E-state index contributed by atoms with van der Waals surface area (Å²) in [6.07, 6.45) is 2.99. The Morgan fingerprint density at radius 3 is 2.75 bits per heavy atom. The Morgan fingerprint density at radius 1 is 1.33 bits per heavy atom. The van der Waals surface area contributed by atoms with E-state index >= 15 is 0 Å². The molecule has 0 aromatic carbocycles. The number of aryl methyl sites for hydroxylation is 1. The molecule has 1 N–H and O–H groups in total. The maximum atomic E-state index is 7.35. The Hall–Kier alpha value is -0.962. The van der Waals surface area contributed by atoms with Gasteiger partial charge in [0, 0.05) is 34.4 Å². The van der Waals surface area contributed by atoms with Crippen LogP contribution in [0.25, 0.3) is 16.9 Å². The molecule has 0 unspecified atom stereocenters. The molecular weight excluding hydrogens is 326 g/mol. The Bertz CT molecular complexity index is 396. The summed E-state index contributed by atoms with van der Waals surface area (Å²) < 4.78 is 1.76. The minimum atomic E-state index is 0. The van der Waals surface area contributed by atoms with Gasteiger partial charge in [-0.05, 0) is 5.82 Å². The quantitative estimate of drug-likeness (QED) is 0.724. The summed E-state index contributed by atoms with van der Waals surface area (Å²) in [7, 11) is 1.84. The van der Waals surface area contributed by atoms with E-state index in [1.165, 1.54) is 6.33 Å². The van der Waals surface area contributed by atoms with E-state index in [-0.39, 0.29) is 26.9 Å². The zero-order valence-corrected chi connectivity index (χ0v) is 9.29. The van der Waals surface area contributed by atoms with Gasteiger partial charge >= 0.3 is 0 Å². The van der Waals surface area contributed by atoms with Gasteiger partial charge in [0.15, 0.2) is 5.65 Å². The topological polar surface area (TPSA) is 67.4 Å². The summed E-state index contributed by atoms with van der Waals surface area (Å²) in [6.45, 7) is 0. The average Bonchev–Trinajstić information content (AvgIpc) is 2.35. The fourth-order valence-corrected chi connectivity index (χ4v) is 0.945. The fourth-order valence-electron chi connectivity index (χ4n) is 0.945. The first-order chi connectivity index (χ1) is 5.29. The van der Waals surface area contributed by atoms with Crippen LogP contribution < -0.4 is 0 Å². The molecule has 0 atom stereocenters. The average molecular weight is 332 g/mol. The van der Waals surface area contributed by atoms with Crippen molar-refractivity contribution in [2.75, 3.05) is 0 Å². The molecule has 2 heterocycles. The zero-order valence-electron chi connectivity index (χ0n) is 6.35. The Morgan fingerprint density at radius 2 is 2.08 bits per heavy atom. The van der Waals surface area contributed by atoms with E-state index in [1.807, 2.05) is 7.05 Å². The monoisotopic (exact) mass is 332 g/mol. The van der Waals surface area contributed by atoms with Gasteiger partial charge in [-0.3, -0.25) is 0 Å². The molecule has 0 saturated heterocycles. The van der Waals surface area contributed by atoms with Crippen molar-refractivity contribution in [1.82, 2.24) is 19.5 Å². The van der Waals surface area contributed by atoms with Gasteiger partial charge in [-0.2, -0.15) is 0 Å². The van der Waals surface area contributed by atoms with Crippen LogP contribution in [0, 0.1) is 0 Å². The standard InChI is InChI=1S/C6H6N5.W/c1-11-3-10-4-5(7)8-2-9-6(4)11;/h2-3H,1H3,(H-,7,8,9);/q-1;. The summed E-state index contributed by atoms with van der Waals surface area (Å²) in [5, 5.41) is 0. The van der Waals surface area contributed by atoms with Gasteiger partial charge in [0.05, 0.1) is 6.33 Å².